The molecule has 0 spiro atoms. The molecule has 0 aromatic carbocycles. The average molecular weight is 280 g/mol. The number of carbonyl (C=O) groups is 1. The van der Waals surface area contributed by atoms with E-state index in [0.29, 0.717) is 13.0 Å². The molecule has 0 amide bonds. The van der Waals surface area contributed by atoms with Crippen LogP contribution in [-0.2, 0) is 24.8 Å². The van der Waals surface area contributed by atoms with Gasteiger partial charge < -0.3 is 9.08 Å². The van der Waals surface area contributed by atoms with E-state index in [-0.39, 0.29) is 6.42 Å². The van der Waals surface area contributed by atoms with E-state index in [0.717, 1.165) is 32.7 Å². The van der Waals surface area contributed by atoms with Crippen LogP contribution in [0.2, 0.25) is 0 Å². The monoisotopic (exact) mass is 280 g/mol. The van der Waals surface area contributed by atoms with Gasteiger partial charge in [-0.1, -0.05) is 0 Å². The Morgan fingerprint density at radius 3 is 2.44 bits per heavy atom. The molecule has 0 saturated carbocycles. The van der Waals surface area contributed by atoms with Gasteiger partial charge >= 0.3 is 17.0 Å². The van der Waals surface area contributed by atoms with Crippen LogP contribution in [0.1, 0.15) is 19.8 Å². The molecule has 1 fully saturated rings. The molecule has 18 heavy (non-hydrogen) atoms. The van der Waals surface area contributed by atoms with Crippen molar-refractivity contribution in [2.75, 3.05) is 39.3 Å². The maximum Gasteiger partial charge on any atom is 0.321 e. The average Bonchev–Trinajstić information content (AvgIpc) is 2.31. The van der Waals surface area contributed by atoms with Crippen LogP contribution >= 0.6 is 0 Å². The van der Waals surface area contributed by atoms with Crippen LogP contribution in [0.3, 0.4) is 0 Å². The molecule has 0 radical (unpaired) electrons. The van der Waals surface area contributed by atoms with E-state index < -0.39 is 17.0 Å². The standard InChI is InChI=1S/C10H20N2O5S/c1-2-16-12-8-6-11(7-9-12)5-3-4-10(13)17-18(14)15/h18H,2-9H2,1H3. The van der Waals surface area contributed by atoms with Crippen molar-refractivity contribution in [1.29, 1.82) is 0 Å². The number of carbonyl (C=O) groups excluding carboxylic acids is 1. The molecule has 1 saturated heterocycles. The van der Waals surface area contributed by atoms with Crippen molar-refractivity contribution in [2.45, 2.75) is 19.8 Å². The summed E-state index contributed by atoms with van der Waals surface area (Å²) in [6, 6.07) is 0. The molecule has 0 unspecified atom stereocenters. The number of nitrogens with zero attached hydrogens (tertiary/aromatic N) is 2. The number of piperazine rings is 1. The second-order valence-electron chi connectivity index (χ2n) is 3.98. The van der Waals surface area contributed by atoms with Crippen molar-refractivity contribution in [3.63, 3.8) is 0 Å². The van der Waals surface area contributed by atoms with Crippen molar-refractivity contribution in [1.82, 2.24) is 9.96 Å². The third-order valence-electron chi connectivity index (χ3n) is 2.67. The maximum absolute atomic E-state index is 11.0. The number of hydroxylamine groups is 2. The van der Waals surface area contributed by atoms with Gasteiger partial charge in [-0.2, -0.15) is 13.5 Å². The van der Waals surface area contributed by atoms with Gasteiger partial charge in [-0.25, -0.2) is 0 Å². The van der Waals surface area contributed by atoms with E-state index in [9.17, 15) is 13.2 Å². The lowest BCUT2D eigenvalue weighted by atomic mass is 10.2. The highest BCUT2D eigenvalue weighted by atomic mass is 32.2. The van der Waals surface area contributed by atoms with E-state index in [4.69, 9.17) is 4.84 Å². The van der Waals surface area contributed by atoms with Crippen molar-refractivity contribution in [3.8, 4) is 0 Å². The van der Waals surface area contributed by atoms with Crippen LogP contribution in [0.15, 0.2) is 0 Å². The number of thiol groups is 1. The maximum atomic E-state index is 11.0. The zero-order valence-corrected chi connectivity index (χ0v) is 11.4. The quantitative estimate of drug-likeness (QED) is 0.624. The Morgan fingerprint density at radius 2 is 1.89 bits per heavy atom. The van der Waals surface area contributed by atoms with Crippen LogP contribution < -0.4 is 0 Å². The first-order valence-electron chi connectivity index (χ1n) is 6.07. The fraction of sp³-hybridized carbons (Fsp3) is 0.900. The van der Waals surface area contributed by atoms with Crippen LogP contribution in [-0.4, -0.2) is 63.7 Å². The van der Waals surface area contributed by atoms with Gasteiger partial charge in [0.05, 0.1) is 6.61 Å². The lowest BCUT2D eigenvalue weighted by Crippen LogP contribution is -2.46. The number of hydrogen-bond acceptors (Lipinski definition) is 7. The molecule has 0 atom stereocenters. The van der Waals surface area contributed by atoms with Gasteiger partial charge in [0.1, 0.15) is 0 Å². The summed E-state index contributed by atoms with van der Waals surface area (Å²) in [7, 11) is -3.07. The molecule has 0 aromatic rings. The second kappa shape index (κ2) is 8.41. The molecule has 0 bridgehead atoms. The smallest absolute Gasteiger partial charge is 0.321 e. The zero-order chi connectivity index (χ0) is 13.4. The van der Waals surface area contributed by atoms with E-state index in [1.165, 1.54) is 0 Å². The minimum Gasteiger partial charge on any atom is -0.348 e. The van der Waals surface area contributed by atoms with E-state index >= 15 is 0 Å². The van der Waals surface area contributed by atoms with Gasteiger partial charge in [-0.3, -0.25) is 9.63 Å². The Labute approximate surface area is 109 Å². The molecule has 106 valence electrons. The molecule has 0 aliphatic carbocycles. The summed E-state index contributed by atoms with van der Waals surface area (Å²) in [6.45, 7) is 6.90. The molecular formula is C10H20N2O5S. The Kier molecular flexibility index (Phi) is 7.18. The summed E-state index contributed by atoms with van der Waals surface area (Å²) >= 11 is 0. The first-order valence-corrected chi connectivity index (χ1v) is 7.16. The molecule has 8 heteroatoms. The minimum absolute atomic E-state index is 0.134. The Bertz CT molecular complexity index is 318. The summed E-state index contributed by atoms with van der Waals surface area (Å²) in [5, 5.41) is 1.94. The number of hydrogen-bond donors (Lipinski definition) is 1. The fourth-order valence-corrected chi connectivity index (χ4v) is 2.10. The first kappa shape index (κ1) is 15.4. The Balaban J connectivity index is 2.09. The van der Waals surface area contributed by atoms with Crippen LogP contribution in [0.5, 0.6) is 0 Å². The van der Waals surface area contributed by atoms with Gasteiger partial charge in [0, 0.05) is 32.6 Å². The SMILES string of the molecule is CCON1CCN(CCCC(=O)O[SH](=O)=O)CC1. The lowest BCUT2D eigenvalue weighted by Gasteiger charge is -2.33. The van der Waals surface area contributed by atoms with Crippen LogP contribution in [0, 0.1) is 0 Å². The topological polar surface area (TPSA) is 76.2 Å². The van der Waals surface area contributed by atoms with Crippen molar-refractivity contribution >= 4 is 17.0 Å². The molecular weight excluding hydrogens is 260 g/mol. The van der Waals surface area contributed by atoms with Crippen molar-refractivity contribution in [3.05, 3.63) is 0 Å². The minimum atomic E-state index is -3.07. The predicted molar refractivity (Wildman–Crippen MR) is 65.3 cm³/mol. The first-order chi connectivity index (χ1) is 8.61. The Hall–Kier alpha value is -0.700. The third-order valence-corrected chi connectivity index (χ3v) is 3.03. The third kappa shape index (κ3) is 6.29. The van der Waals surface area contributed by atoms with Gasteiger partial charge in [0.2, 0.25) is 0 Å². The van der Waals surface area contributed by atoms with E-state index in [1.807, 2.05) is 12.0 Å². The summed E-state index contributed by atoms with van der Waals surface area (Å²) in [4.78, 5) is 18.6. The molecule has 1 aliphatic rings. The van der Waals surface area contributed by atoms with Crippen LogP contribution in [0.4, 0.5) is 0 Å². The highest BCUT2D eigenvalue weighted by molar-refractivity contribution is 7.67. The van der Waals surface area contributed by atoms with Crippen LogP contribution in [0.25, 0.3) is 0 Å². The summed E-state index contributed by atoms with van der Waals surface area (Å²) in [5.74, 6) is -0.681. The molecule has 1 heterocycles. The van der Waals surface area contributed by atoms with E-state index in [1.54, 1.807) is 0 Å². The van der Waals surface area contributed by atoms with Gasteiger partial charge in [0.25, 0.3) is 0 Å². The van der Waals surface area contributed by atoms with Gasteiger partial charge in [-0.15, -0.1) is 0 Å². The summed E-state index contributed by atoms with van der Waals surface area (Å²) in [5.41, 5.74) is 0. The highest BCUT2D eigenvalue weighted by Crippen LogP contribution is 2.04. The van der Waals surface area contributed by atoms with Crippen molar-refractivity contribution in [2.24, 2.45) is 0 Å². The number of rotatable bonds is 7. The van der Waals surface area contributed by atoms with Gasteiger partial charge in [0.15, 0.2) is 0 Å². The fourth-order valence-electron chi connectivity index (χ4n) is 1.84. The van der Waals surface area contributed by atoms with Crippen molar-refractivity contribution < 1.29 is 22.2 Å². The zero-order valence-electron chi connectivity index (χ0n) is 10.5. The van der Waals surface area contributed by atoms with E-state index in [2.05, 4.69) is 9.08 Å². The summed E-state index contributed by atoms with van der Waals surface area (Å²) < 4.78 is 24.3. The second-order valence-corrected chi connectivity index (χ2v) is 4.61. The molecule has 0 aromatic heterocycles. The molecule has 1 rings (SSSR count). The largest absolute Gasteiger partial charge is 0.348 e. The summed E-state index contributed by atoms with van der Waals surface area (Å²) in [6.07, 6.45) is 0.742. The molecule has 1 aliphatic heterocycles. The lowest BCUT2D eigenvalue weighted by molar-refractivity contribution is -0.172. The highest BCUT2D eigenvalue weighted by Gasteiger charge is 2.16. The Morgan fingerprint density at radius 1 is 1.22 bits per heavy atom. The molecule has 0 N–H and O–H groups in total. The molecule has 7 nitrogen and oxygen atoms in total. The normalized spacial score (nSPS) is 18.1. The predicted octanol–water partition coefficient (Wildman–Crippen LogP) is -0.595. The van der Waals surface area contributed by atoms with Gasteiger partial charge in [-0.05, 0) is 19.9 Å².